The number of halogens is 1. The lowest BCUT2D eigenvalue weighted by Crippen LogP contribution is -2.47. The van der Waals surface area contributed by atoms with Crippen LogP contribution in [0.5, 0.6) is 0 Å². The highest BCUT2D eigenvalue weighted by Gasteiger charge is 2.43. The Labute approximate surface area is 122 Å². The largest absolute Gasteiger partial charge is 0.370 e. The van der Waals surface area contributed by atoms with Crippen molar-refractivity contribution in [3.8, 4) is 0 Å². The molecular formula is C12H15ClN2OS2. The lowest BCUT2D eigenvalue weighted by molar-refractivity contribution is 0.0668. The second kappa shape index (κ2) is 5.74. The molecule has 0 aromatic carbocycles. The molecule has 0 amide bonds. The van der Waals surface area contributed by atoms with Gasteiger partial charge in [0.1, 0.15) is 10.1 Å². The summed E-state index contributed by atoms with van der Waals surface area (Å²) in [4.78, 5) is 6.00. The van der Waals surface area contributed by atoms with E-state index in [2.05, 4.69) is 11.9 Å². The SMILES string of the molecule is CCCCC1(O)CSC(=S)N1c1ccc(Cl)cn1. The van der Waals surface area contributed by atoms with Crippen LogP contribution in [0.25, 0.3) is 0 Å². The molecule has 1 unspecified atom stereocenters. The van der Waals surface area contributed by atoms with Crippen molar-refractivity contribution in [3.63, 3.8) is 0 Å². The minimum atomic E-state index is -0.918. The van der Waals surface area contributed by atoms with Gasteiger partial charge in [0.15, 0.2) is 5.72 Å². The van der Waals surface area contributed by atoms with Gasteiger partial charge in [-0.3, -0.25) is 4.90 Å². The van der Waals surface area contributed by atoms with E-state index in [0.29, 0.717) is 27.3 Å². The molecule has 1 aliphatic heterocycles. The third kappa shape index (κ3) is 2.79. The quantitative estimate of drug-likeness (QED) is 0.862. The van der Waals surface area contributed by atoms with Crippen LogP contribution < -0.4 is 4.90 Å². The molecular weight excluding hydrogens is 288 g/mol. The third-order valence-corrected chi connectivity index (χ3v) is 4.69. The van der Waals surface area contributed by atoms with Crippen molar-refractivity contribution in [2.24, 2.45) is 0 Å². The number of anilines is 1. The number of thiocarbonyl (C=S) groups is 1. The van der Waals surface area contributed by atoms with Gasteiger partial charge in [0.05, 0.1) is 5.02 Å². The zero-order chi connectivity index (χ0) is 13.2. The van der Waals surface area contributed by atoms with Gasteiger partial charge >= 0.3 is 0 Å². The van der Waals surface area contributed by atoms with E-state index in [-0.39, 0.29) is 0 Å². The van der Waals surface area contributed by atoms with Crippen molar-refractivity contribution < 1.29 is 5.11 Å². The Morgan fingerprint density at radius 3 is 3.00 bits per heavy atom. The smallest absolute Gasteiger partial charge is 0.154 e. The topological polar surface area (TPSA) is 36.4 Å². The van der Waals surface area contributed by atoms with Crippen LogP contribution in [0.15, 0.2) is 18.3 Å². The maximum atomic E-state index is 10.7. The summed E-state index contributed by atoms with van der Waals surface area (Å²) in [7, 11) is 0. The van der Waals surface area contributed by atoms with Gasteiger partial charge in [-0.2, -0.15) is 0 Å². The first kappa shape index (κ1) is 14.1. The van der Waals surface area contributed by atoms with Crippen LogP contribution in [-0.2, 0) is 0 Å². The van der Waals surface area contributed by atoms with Crippen molar-refractivity contribution in [1.29, 1.82) is 0 Å². The molecule has 2 rings (SSSR count). The molecule has 1 aromatic heterocycles. The Hall–Kier alpha value is -0.360. The Balaban J connectivity index is 2.27. The molecule has 18 heavy (non-hydrogen) atoms. The number of hydrogen-bond donors (Lipinski definition) is 1. The van der Waals surface area contributed by atoms with Gasteiger partial charge in [0.25, 0.3) is 0 Å². The van der Waals surface area contributed by atoms with Crippen LogP contribution in [-0.4, -0.2) is 25.9 Å². The maximum absolute atomic E-state index is 10.7. The van der Waals surface area contributed by atoms with Crippen molar-refractivity contribution in [1.82, 2.24) is 4.98 Å². The zero-order valence-electron chi connectivity index (χ0n) is 10.1. The molecule has 1 saturated heterocycles. The summed E-state index contributed by atoms with van der Waals surface area (Å²) in [5.41, 5.74) is -0.918. The number of aliphatic hydroxyl groups is 1. The van der Waals surface area contributed by atoms with Crippen LogP contribution in [0.2, 0.25) is 5.02 Å². The summed E-state index contributed by atoms with van der Waals surface area (Å²) >= 11 is 12.6. The first-order valence-corrected chi connectivity index (χ1v) is 7.65. The molecule has 0 radical (unpaired) electrons. The van der Waals surface area contributed by atoms with Gasteiger partial charge in [0, 0.05) is 11.9 Å². The molecule has 1 N–H and O–H groups in total. The fourth-order valence-electron chi connectivity index (χ4n) is 1.93. The molecule has 1 aromatic rings. The van der Waals surface area contributed by atoms with Crippen LogP contribution in [0, 0.1) is 0 Å². The summed E-state index contributed by atoms with van der Waals surface area (Å²) in [5.74, 6) is 1.25. The van der Waals surface area contributed by atoms with Gasteiger partial charge in [-0.1, -0.05) is 48.9 Å². The molecule has 1 fully saturated rings. The summed E-state index contributed by atoms with van der Waals surface area (Å²) in [6, 6.07) is 3.55. The third-order valence-electron chi connectivity index (χ3n) is 2.90. The van der Waals surface area contributed by atoms with Crippen molar-refractivity contribution in [3.05, 3.63) is 23.4 Å². The van der Waals surface area contributed by atoms with Gasteiger partial charge in [0.2, 0.25) is 0 Å². The molecule has 2 heterocycles. The highest BCUT2D eigenvalue weighted by molar-refractivity contribution is 8.23. The second-order valence-electron chi connectivity index (χ2n) is 4.31. The number of nitrogens with zero attached hydrogens (tertiary/aromatic N) is 2. The predicted octanol–water partition coefficient (Wildman–Crippen LogP) is 3.45. The molecule has 1 aliphatic rings. The van der Waals surface area contributed by atoms with Gasteiger partial charge in [-0.05, 0) is 25.0 Å². The number of unbranched alkanes of at least 4 members (excludes halogenated alkanes) is 1. The Morgan fingerprint density at radius 2 is 2.39 bits per heavy atom. The van der Waals surface area contributed by atoms with E-state index in [0.717, 1.165) is 12.8 Å². The Morgan fingerprint density at radius 1 is 1.61 bits per heavy atom. The standard InChI is InChI=1S/C12H15ClN2OS2/c1-2-3-6-12(16)8-18-11(17)15(12)10-5-4-9(13)7-14-10/h4-5,7,16H,2-3,6,8H2,1H3. The van der Waals surface area contributed by atoms with Gasteiger partial charge in [-0.25, -0.2) is 4.98 Å². The van der Waals surface area contributed by atoms with Gasteiger partial charge < -0.3 is 5.11 Å². The summed E-state index contributed by atoms with van der Waals surface area (Å²) in [6.45, 7) is 2.11. The number of hydrogen-bond acceptors (Lipinski definition) is 4. The summed E-state index contributed by atoms with van der Waals surface area (Å²) in [6.07, 6.45) is 4.27. The zero-order valence-corrected chi connectivity index (χ0v) is 12.5. The van der Waals surface area contributed by atoms with Crippen molar-refractivity contribution in [2.75, 3.05) is 10.7 Å². The predicted molar refractivity (Wildman–Crippen MR) is 81.3 cm³/mol. The van der Waals surface area contributed by atoms with E-state index < -0.39 is 5.72 Å². The highest BCUT2D eigenvalue weighted by atomic mass is 35.5. The van der Waals surface area contributed by atoms with E-state index in [9.17, 15) is 5.11 Å². The second-order valence-corrected chi connectivity index (χ2v) is 6.36. The molecule has 0 spiro atoms. The maximum Gasteiger partial charge on any atom is 0.154 e. The Kier molecular flexibility index (Phi) is 4.48. The fourth-order valence-corrected chi connectivity index (χ4v) is 3.50. The average Bonchev–Trinajstić information content (AvgIpc) is 2.65. The molecule has 0 saturated carbocycles. The van der Waals surface area contributed by atoms with E-state index >= 15 is 0 Å². The molecule has 98 valence electrons. The van der Waals surface area contributed by atoms with Crippen LogP contribution >= 0.6 is 35.6 Å². The molecule has 0 aliphatic carbocycles. The summed E-state index contributed by atoms with van der Waals surface area (Å²) in [5, 5.41) is 11.3. The summed E-state index contributed by atoms with van der Waals surface area (Å²) < 4.78 is 0.670. The van der Waals surface area contributed by atoms with E-state index in [1.54, 1.807) is 23.2 Å². The Bertz CT molecular complexity index is 440. The lowest BCUT2D eigenvalue weighted by atomic mass is 10.1. The number of aromatic nitrogens is 1. The minimum Gasteiger partial charge on any atom is -0.370 e. The highest BCUT2D eigenvalue weighted by Crippen LogP contribution is 2.38. The normalized spacial score (nSPS) is 23.7. The fraction of sp³-hybridized carbons (Fsp3) is 0.500. The van der Waals surface area contributed by atoms with E-state index in [1.807, 2.05) is 0 Å². The van der Waals surface area contributed by atoms with Crippen LogP contribution in [0.3, 0.4) is 0 Å². The number of rotatable bonds is 4. The lowest BCUT2D eigenvalue weighted by Gasteiger charge is -2.33. The monoisotopic (exact) mass is 302 g/mol. The minimum absolute atomic E-state index is 0.577. The van der Waals surface area contributed by atoms with Crippen LogP contribution in [0.4, 0.5) is 5.82 Å². The number of pyridine rings is 1. The van der Waals surface area contributed by atoms with Gasteiger partial charge in [-0.15, -0.1) is 0 Å². The molecule has 3 nitrogen and oxygen atoms in total. The number of thioether (sulfide) groups is 1. The first-order chi connectivity index (χ1) is 8.57. The average molecular weight is 303 g/mol. The molecule has 0 bridgehead atoms. The van der Waals surface area contributed by atoms with E-state index in [1.165, 1.54) is 11.8 Å². The molecule has 6 heteroatoms. The van der Waals surface area contributed by atoms with E-state index in [4.69, 9.17) is 23.8 Å². The van der Waals surface area contributed by atoms with Crippen LogP contribution in [0.1, 0.15) is 26.2 Å². The van der Waals surface area contributed by atoms with Crippen molar-refractivity contribution >= 4 is 45.7 Å². The van der Waals surface area contributed by atoms with Crippen molar-refractivity contribution in [2.45, 2.75) is 31.9 Å². The first-order valence-electron chi connectivity index (χ1n) is 5.88. The molecule has 1 atom stereocenters.